The summed E-state index contributed by atoms with van der Waals surface area (Å²) in [6, 6.07) is 9.30. The first-order valence-electron chi connectivity index (χ1n) is 7.43. The van der Waals surface area contributed by atoms with Crippen LogP contribution in [0.1, 0.15) is 23.4 Å². The third-order valence-corrected chi connectivity index (χ3v) is 4.01. The van der Waals surface area contributed by atoms with Crippen LogP contribution in [0.3, 0.4) is 0 Å². The van der Waals surface area contributed by atoms with E-state index < -0.39 is 0 Å². The Labute approximate surface area is 128 Å². The topological polar surface area (TPSA) is 53.7 Å². The Kier molecular flexibility index (Phi) is 4.24. The van der Waals surface area contributed by atoms with E-state index in [0.717, 1.165) is 18.4 Å². The third kappa shape index (κ3) is 3.04. The highest BCUT2D eigenvalue weighted by molar-refractivity contribution is 5.92. The van der Waals surface area contributed by atoms with Gasteiger partial charge < -0.3 is 14.4 Å². The summed E-state index contributed by atoms with van der Waals surface area (Å²) in [4.78, 5) is 14.2. The predicted octanol–water partition coefficient (Wildman–Crippen LogP) is 2.93. The van der Waals surface area contributed by atoms with Crippen molar-refractivity contribution in [1.82, 2.24) is 4.90 Å². The molecule has 0 aliphatic carbocycles. The van der Waals surface area contributed by atoms with Gasteiger partial charge in [-0.2, -0.15) is 0 Å². The van der Waals surface area contributed by atoms with E-state index in [9.17, 15) is 14.3 Å². The van der Waals surface area contributed by atoms with Gasteiger partial charge in [-0.05, 0) is 55.2 Å². The van der Waals surface area contributed by atoms with Crippen LogP contribution in [0, 0.1) is 11.7 Å². The summed E-state index contributed by atoms with van der Waals surface area (Å²) in [6.45, 7) is 1.34. The van der Waals surface area contributed by atoms with Crippen molar-refractivity contribution >= 4 is 5.91 Å². The van der Waals surface area contributed by atoms with Crippen LogP contribution in [0.4, 0.5) is 4.39 Å². The van der Waals surface area contributed by atoms with Gasteiger partial charge >= 0.3 is 0 Å². The van der Waals surface area contributed by atoms with Crippen molar-refractivity contribution < 1.29 is 18.7 Å². The van der Waals surface area contributed by atoms with Gasteiger partial charge in [0, 0.05) is 25.3 Å². The molecule has 1 amide bonds. The number of nitrogens with zero attached hydrogens (tertiary/aromatic N) is 1. The van der Waals surface area contributed by atoms with Crippen molar-refractivity contribution in [2.45, 2.75) is 12.8 Å². The minimum Gasteiger partial charge on any atom is -0.451 e. The Bertz CT molecular complexity index is 650. The monoisotopic (exact) mass is 303 g/mol. The number of carbonyl (C=O) groups is 1. The number of benzene rings is 1. The molecule has 0 spiro atoms. The second-order valence-electron chi connectivity index (χ2n) is 5.61. The largest absolute Gasteiger partial charge is 0.451 e. The summed E-state index contributed by atoms with van der Waals surface area (Å²) in [6.07, 6.45) is 1.84. The molecule has 1 aromatic carbocycles. The standard InChI is InChI=1S/C17H18FNO3/c18-14-5-3-13(4-6-14)15-7-8-16(22-15)17(21)19-9-1-2-12(10-19)11-20/h3-8,12,20H,1-2,9-11H2. The van der Waals surface area contributed by atoms with Gasteiger partial charge in [-0.25, -0.2) is 4.39 Å². The van der Waals surface area contributed by atoms with Gasteiger partial charge in [0.25, 0.3) is 5.91 Å². The molecule has 1 N–H and O–H groups in total. The van der Waals surface area contributed by atoms with Gasteiger partial charge in [-0.15, -0.1) is 0 Å². The lowest BCUT2D eigenvalue weighted by Crippen LogP contribution is -2.40. The highest BCUT2D eigenvalue weighted by Crippen LogP contribution is 2.24. The summed E-state index contributed by atoms with van der Waals surface area (Å²) in [5, 5.41) is 9.24. The summed E-state index contributed by atoms with van der Waals surface area (Å²) in [5.41, 5.74) is 0.729. The lowest BCUT2D eigenvalue weighted by atomic mass is 9.99. The smallest absolute Gasteiger partial charge is 0.289 e. The minimum absolute atomic E-state index is 0.1000. The van der Waals surface area contributed by atoms with Crippen LogP contribution in [0.5, 0.6) is 0 Å². The molecule has 1 saturated heterocycles. The van der Waals surface area contributed by atoms with Crippen molar-refractivity contribution in [1.29, 1.82) is 0 Å². The van der Waals surface area contributed by atoms with Crippen LogP contribution < -0.4 is 0 Å². The average Bonchev–Trinajstić information content (AvgIpc) is 3.05. The number of hydrogen-bond donors (Lipinski definition) is 1. The lowest BCUT2D eigenvalue weighted by molar-refractivity contribution is 0.0591. The number of likely N-dealkylation sites (tertiary alicyclic amines) is 1. The van der Waals surface area contributed by atoms with Gasteiger partial charge in [0.05, 0.1) is 0 Å². The van der Waals surface area contributed by atoms with Crippen molar-refractivity contribution in [2.24, 2.45) is 5.92 Å². The molecule has 0 saturated carbocycles. The number of halogens is 1. The van der Waals surface area contributed by atoms with E-state index in [4.69, 9.17) is 4.42 Å². The normalized spacial score (nSPS) is 18.5. The lowest BCUT2D eigenvalue weighted by Gasteiger charge is -2.31. The van der Waals surface area contributed by atoms with Crippen molar-refractivity contribution in [2.75, 3.05) is 19.7 Å². The fourth-order valence-corrected chi connectivity index (χ4v) is 2.78. The molecule has 5 heteroatoms. The minimum atomic E-state index is -0.310. The molecule has 3 rings (SSSR count). The molecule has 116 valence electrons. The van der Waals surface area contributed by atoms with Crippen LogP contribution >= 0.6 is 0 Å². The number of aliphatic hydroxyl groups is 1. The van der Waals surface area contributed by atoms with Crippen LogP contribution in [0.15, 0.2) is 40.8 Å². The van der Waals surface area contributed by atoms with Gasteiger partial charge in [0.1, 0.15) is 11.6 Å². The Hall–Kier alpha value is -2.14. The van der Waals surface area contributed by atoms with E-state index in [1.165, 1.54) is 12.1 Å². The van der Waals surface area contributed by atoms with Gasteiger partial charge in [0.2, 0.25) is 0 Å². The predicted molar refractivity (Wildman–Crippen MR) is 79.8 cm³/mol. The third-order valence-electron chi connectivity index (χ3n) is 4.01. The molecule has 1 aliphatic heterocycles. The summed E-state index contributed by atoms with van der Waals surface area (Å²) in [7, 11) is 0. The molecule has 22 heavy (non-hydrogen) atoms. The fraction of sp³-hybridized carbons (Fsp3) is 0.353. The number of aliphatic hydroxyl groups excluding tert-OH is 1. The zero-order chi connectivity index (χ0) is 15.5. The second-order valence-corrected chi connectivity index (χ2v) is 5.61. The van der Waals surface area contributed by atoms with E-state index in [1.807, 2.05) is 0 Å². The molecule has 1 aromatic heterocycles. The molecular weight excluding hydrogens is 285 g/mol. The number of carbonyl (C=O) groups excluding carboxylic acids is 1. The quantitative estimate of drug-likeness (QED) is 0.948. The van der Waals surface area contributed by atoms with E-state index in [0.29, 0.717) is 18.8 Å². The van der Waals surface area contributed by atoms with Crippen LogP contribution in [-0.2, 0) is 0 Å². The highest BCUT2D eigenvalue weighted by atomic mass is 19.1. The summed E-state index contributed by atoms with van der Waals surface area (Å²) >= 11 is 0. The van der Waals surface area contributed by atoms with Crippen LogP contribution in [-0.4, -0.2) is 35.6 Å². The van der Waals surface area contributed by atoms with E-state index >= 15 is 0 Å². The van der Waals surface area contributed by atoms with E-state index in [2.05, 4.69) is 0 Å². The number of rotatable bonds is 3. The molecular formula is C17H18FNO3. The molecule has 0 bridgehead atoms. The van der Waals surface area contributed by atoms with Crippen molar-refractivity contribution in [3.8, 4) is 11.3 Å². The van der Waals surface area contributed by atoms with Crippen molar-refractivity contribution in [3.05, 3.63) is 48.0 Å². The maximum atomic E-state index is 12.9. The molecule has 1 aliphatic rings. The summed E-state index contributed by atoms with van der Waals surface area (Å²) in [5.74, 6) is 0.489. The maximum absolute atomic E-state index is 12.9. The molecule has 1 atom stereocenters. The van der Waals surface area contributed by atoms with Crippen LogP contribution in [0.25, 0.3) is 11.3 Å². The zero-order valence-electron chi connectivity index (χ0n) is 12.2. The van der Waals surface area contributed by atoms with Gasteiger partial charge in [0.15, 0.2) is 5.76 Å². The molecule has 1 unspecified atom stereocenters. The summed E-state index contributed by atoms with van der Waals surface area (Å²) < 4.78 is 18.6. The number of amides is 1. The molecule has 2 heterocycles. The first-order valence-corrected chi connectivity index (χ1v) is 7.43. The SMILES string of the molecule is O=C(c1ccc(-c2ccc(F)cc2)o1)N1CCCC(CO)C1. The highest BCUT2D eigenvalue weighted by Gasteiger charge is 2.26. The number of furan rings is 1. The van der Waals surface area contributed by atoms with Crippen molar-refractivity contribution in [3.63, 3.8) is 0 Å². The Balaban J connectivity index is 1.75. The fourth-order valence-electron chi connectivity index (χ4n) is 2.78. The Morgan fingerprint density at radius 1 is 1.27 bits per heavy atom. The first-order chi connectivity index (χ1) is 10.7. The zero-order valence-corrected chi connectivity index (χ0v) is 12.2. The van der Waals surface area contributed by atoms with Crippen LogP contribution in [0.2, 0.25) is 0 Å². The molecule has 4 nitrogen and oxygen atoms in total. The molecule has 0 radical (unpaired) electrons. The Morgan fingerprint density at radius 3 is 2.77 bits per heavy atom. The van der Waals surface area contributed by atoms with E-state index in [1.54, 1.807) is 29.2 Å². The maximum Gasteiger partial charge on any atom is 0.289 e. The Morgan fingerprint density at radius 2 is 2.05 bits per heavy atom. The van der Waals surface area contributed by atoms with E-state index in [-0.39, 0.29) is 30.0 Å². The molecule has 2 aromatic rings. The van der Waals surface area contributed by atoms with Gasteiger partial charge in [-0.3, -0.25) is 4.79 Å². The number of piperidine rings is 1. The van der Waals surface area contributed by atoms with Gasteiger partial charge in [-0.1, -0.05) is 0 Å². The molecule has 1 fully saturated rings. The average molecular weight is 303 g/mol. The number of hydrogen-bond acceptors (Lipinski definition) is 3. The second kappa shape index (κ2) is 6.32. The first kappa shape index (κ1) is 14.8.